The maximum absolute atomic E-state index is 11.7. The van der Waals surface area contributed by atoms with Crippen molar-refractivity contribution < 1.29 is 15.3 Å². The predicted molar refractivity (Wildman–Crippen MR) is 136 cm³/mol. The van der Waals surface area contributed by atoms with Crippen molar-refractivity contribution in [2.24, 2.45) is 45.3 Å². The first-order chi connectivity index (χ1) is 15.2. The van der Waals surface area contributed by atoms with E-state index in [0.717, 1.165) is 51.4 Å². The largest absolute Gasteiger partial charge is 0.393 e. The summed E-state index contributed by atoms with van der Waals surface area (Å²) < 4.78 is 0. The van der Waals surface area contributed by atoms with Crippen LogP contribution in [0.2, 0.25) is 0 Å². The van der Waals surface area contributed by atoms with Crippen molar-refractivity contribution in [3.63, 3.8) is 0 Å². The Morgan fingerprint density at radius 2 is 1.61 bits per heavy atom. The molecular formula is C30H50O3. The lowest BCUT2D eigenvalue weighted by Crippen LogP contribution is -2.69. The smallest absolute Gasteiger partial charge is 0.0595 e. The van der Waals surface area contributed by atoms with E-state index in [1.807, 2.05) is 0 Å². The molecule has 188 valence electrons. The van der Waals surface area contributed by atoms with Gasteiger partial charge in [0.05, 0.1) is 18.3 Å². The van der Waals surface area contributed by atoms with Crippen molar-refractivity contribution in [3.05, 3.63) is 23.8 Å². The molecule has 4 saturated carbocycles. The molecule has 0 saturated heterocycles. The molecular weight excluding hydrogens is 408 g/mol. The van der Waals surface area contributed by atoms with Crippen LogP contribution >= 0.6 is 0 Å². The molecule has 4 fully saturated rings. The van der Waals surface area contributed by atoms with Crippen LogP contribution in [0.5, 0.6) is 0 Å². The molecule has 0 bridgehead atoms. The number of aliphatic hydroxyl groups is 3. The van der Waals surface area contributed by atoms with Gasteiger partial charge in [0.2, 0.25) is 0 Å². The second-order valence-electron chi connectivity index (χ2n) is 14.0. The molecule has 4 aliphatic rings. The van der Waals surface area contributed by atoms with Crippen LogP contribution in [0.3, 0.4) is 0 Å². The monoisotopic (exact) mass is 458 g/mol. The Kier molecular flexibility index (Phi) is 6.33. The highest BCUT2D eigenvalue weighted by molar-refractivity contribution is 5.23. The van der Waals surface area contributed by atoms with Crippen LogP contribution in [0.25, 0.3) is 0 Å². The summed E-state index contributed by atoms with van der Waals surface area (Å²) in [5, 5.41) is 34.2. The molecule has 4 aliphatic carbocycles. The molecule has 0 aromatic rings. The summed E-state index contributed by atoms with van der Waals surface area (Å²) in [5.74, 6) is 1.03. The van der Waals surface area contributed by atoms with Crippen molar-refractivity contribution in [2.75, 3.05) is 0 Å². The van der Waals surface area contributed by atoms with E-state index in [4.69, 9.17) is 0 Å². The second kappa shape index (κ2) is 8.20. The Bertz CT molecular complexity index is 809. The summed E-state index contributed by atoms with van der Waals surface area (Å²) >= 11 is 0. The van der Waals surface area contributed by atoms with E-state index in [1.54, 1.807) is 0 Å². The molecule has 0 amide bonds. The molecule has 0 spiro atoms. The highest BCUT2D eigenvalue weighted by Gasteiger charge is 2.72. The molecule has 0 aliphatic heterocycles. The lowest BCUT2D eigenvalue weighted by Gasteiger charge is -2.71. The third kappa shape index (κ3) is 3.54. The van der Waals surface area contributed by atoms with E-state index in [2.05, 4.69) is 61.1 Å². The summed E-state index contributed by atoms with van der Waals surface area (Å²) in [6.45, 7) is 20.4. The predicted octanol–water partition coefficient (Wildman–Crippen LogP) is 6.28. The minimum Gasteiger partial charge on any atom is -0.393 e. The molecule has 3 N–H and O–H groups in total. The lowest BCUT2D eigenvalue weighted by atomic mass is 9.34. The van der Waals surface area contributed by atoms with Gasteiger partial charge in [-0.15, -0.1) is 0 Å². The van der Waals surface area contributed by atoms with Crippen molar-refractivity contribution in [1.29, 1.82) is 0 Å². The molecule has 10 atom stereocenters. The van der Waals surface area contributed by atoms with Gasteiger partial charge >= 0.3 is 0 Å². The summed E-state index contributed by atoms with van der Waals surface area (Å²) in [7, 11) is 0. The van der Waals surface area contributed by atoms with Gasteiger partial charge in [-0.3, -0.25) is 0 Å². The number of aliphatic hydroxyl groups excluding tert-OH is 3. The molecule has 0 aromatic carbocycles. The summed E-state index contributed by atoms with van der Waals surface area (Å²) in [6.07, 6.45) is 8.78. The summed E-state index contributed by atoms with van der Waals surface area (Å²) in [4.78, 5) is 0. The Morgan fingerprint density at radius 1 is 0.939 bits per heavy atom. The van der Waals surface area contributed by atoms with Gasteiger partial charge in [-0.2, -0.15) is 0 Å². The van der Waals surface area contributed by atoms with Crippen molar-refractivity contribution in [2.45, 2.75) is 118 Å². The van der Waals surface area contributed by atoms with Gasteiger partial charge in [0.1, 0.15) is 0 Å². The third-order valence-electron chi connectivity index (χ3n) is 11.8. The summed E-state index contributed by atoms with van der Waals surface area (Å²) in [6, 6.07) is 0. The van der Waals surface area contributed by atoms with Crippen molar-refractivity contribution >= 4 is 0 Å². The van der Waals surface area contributed by atoms with E-state index in [1.165, 1.54) is 11.1 Å². The molecule has 0 aromatic heterocycles. The van der Waals surface area contributed by atoms with E-state index in [-0.39, 0.29) is 45.7 Å². The maximum atomic E-state index is 11.7. The van der Waals surface area contributed by atoms with Gasteiger partial charge in [0, 0.05) is 0 Å². The van der Waals surface area contributed by atoms with Crippen molar-refractivity contribution in [1.82, 2.24) is 0 Å². The highest BCUT2D eigenvalue weighted by atomic mass is 16.3. The van der Waals surface area contributed by atoms with Crippen molar-refractivity contribution in [3.8, 4) is 0 Å². The zero-order chi connectivity index (χ0) is 24.6. The van der Waals surface area contributed by atoms with Crippen LogP contribution in [0.4, 0.5) is 0 Å². The molecule has 0 unspecified atom stereocenters. The molecule has 4 rings (SSSR count). The van der Waals surface area contributed by atoms with Crippen LogP contribution in [0.15, 0.2) is 23.8 Å². The number of hydrogen-bond donors (Lipinski definition) is 3. The van der Waals surface area contributed by atoms with Crippen LogP contribution in [-0.4, -0.2) is 33.6 Å². The number of hydrogen-bond acceptors (Lipinski definition) is 3. The standard InChI is InChI=1S/C30H50O3/c1-18(2)10-9-11-19(3)20-12-15-29(7)25(20)21(31)16-23-28(6)14-13-24(33)27(4,5)26(28)22(32)17-30(23,29)8/h10,20-26,31-33H,3,9,11-17H2,1-2,4-8H3/t20-,21+,22-,23+,24-,25+,26-,28+,29+,30+/m0/s1. The highest BCUT2D eigenvalue weighted by Crippen LogP contribution is 2.75. The molecule has 0 radical (unpaired) electrons. The number of rotatable bonds is 4. The second-order valence-corrected chi connectivity index (χ2v) is 14.0. The van der Waals surface area contributed by atoms with Crippen LogP contribution in [0, 0.1) is 45.3 Å². The topological polar surface area (TPSA) is 60.7 Å². The molecule has 3 nitrogen and oxygen atoms in total. The zero-order valence-electron chi connectivity index (χ0n) is 22.3. The van der Waals surface area contributed by atoms with Gasteiger partial charge < -0.3 is 15.3 Å². The Morgan fingerprint density at radius 3 is 2.24 bits per heavy atom. The average Bonchev–Trinajstić information content (AvgIpc) is 3.07. The lowest BCUT2D eigenvalue weighted by molar-refractivity contribution is -0.270. The van der Waals surface area contributed by atoms with Gasteiger partial charge in [-0.25, -0.2) is 0 Å². The fourth-order valence-electron chi connectivity index (χ4n) is 10.1. The third-order valence-corrected chi connectivity index (χ3v) is 11.8. The van der Waals surface area contributed by atoms with E-state index in [9.17, 15) is 15.3 Å². The van der Waals surface area contributed by atoms with E-state index < -0.39 is 6.10 Å². The summed E-state index contributed by atoms with van der Waals surface area (Å²) in [5.41, 5.74) is 2.26. The Balaban J connectivity index is 1.68. The molecule has 33 heavy (non-hydrogen) atoms. The minimum atomic E-state index is -0.408. The van der Waals surface area contributed by atoms with Crippen LogP contribution in [-0.2, 0) is 0 Å². The minimum absolute atomic E-state index is 0.00534. The van der Waals surface area contributed by atoms with Crippen LogP contribution < -0.4 is 0 Å². The first-order valence-electron chi connectivity index (χ1n) is 13.6. The maximum Gasteiger partial charge on any atom is 0.0595 e. The van der Waals surface area contributed by atoms with Gasteiger partial charge in [0.15, 0.2) is 0 Å². The fraction of sp³-hybridized carbons (Fsp3) is 0.867. The van der Waals surface area contributed by atoms with Gasteiger partial charge in [-0.05, 0) is 111 Å². The van der Waals surface area contributed by atoms with E-state index in [0.29, 0.717) is 11.8 Å². The van der Waals surface area contributed by atoms with Gasteiger partial charge in [-0.1, -0.05) is 58.4 Å². The fourth-order valence-corrected chi connectivity index (χ4v) is 10.1. The van der Waals surface area contributed by atoms with Gasteiger partial charge in [0.25, 0.3) is 0 Å². The molecule has 0 heterocycles. The first kappa shape index (κ1) is 25.5. The number of fused-ring (bicyclic) bond motifs is 5. The average molecular weight is 459 g/mol. The number of allylic oxidation sites excluding steroid dienone is 3. The Hall–Kier alpha value is -0.640. The normalized spacial score (nSPS) is 50.7. The van der Waals surface area contributed by atoms with Crippen LogP contribution in [0.1, 0.15) is 99.8 Å². The SMILES string of the molecule is C=C(CCC=C(C)C)[C@@H]1CC[C@]2(C)[C@H]1[C@H](O)C[C@@H]1[C@@]3(C)CC[C@H](O)C(C)(C)[C@@H]3[C@@H](O)C[C@]12C. The quantitative estimate of drug-likeness (QED) is 0.435. The van der Waals surface area contributed by atoms with E-state index >= 15 is 0 Å². The zero-order valence-corrected chi connectivity index (χ0v) is 22.3. The first-order valence-corrected chi connectivity index (χ1v) is 13.6. The Labute approximate surface area is 202 Å². The molecule has 3 heteroatoms.